The van der Waals surface area contributed by atoms with Gasteiger partial charge in [-0.05, 0) is 80.6 Å². The number of anilines is 1. The maximum absolute atomic E-state index is 12.9. The van der Waals surface area contributed by atoms with Gasteiger partial charge in [0.15, 0.2) is 11.6 Å². The molecule has 1 amide bonds. The Bertz CT molecular complexity index is 1390. The van der Waals surface area contributed by atoms with Crippen LogP contribution < -0.4 is 16.0 Å². The Morgan fingerprint density at radius 2 is 1.95 bits per heavy atom. The zero-order chi connectivity index (χ0) is 27.0. The van der Waals surface area contributed by atoms with Crippen molar-refractivity contribution < 1.29 is 4.79 Å². The predicted octanol–water partition coefficient (Wildman–Crippen LogP) is 3.94. The first-order valence-electron chi connectivity index (χ1n) is 13.6. The van der Waals surface area contributed by atoms with Gasteiger partial charge in [0.05, 0.1) is 6.54 Å². The summed E-state index contributed by atoms with van der Waals surface area (Å²) in [7, 11) is 2.02. The largest absolute Gasteiger partial charge is 0.378 e. The molecule has 1 saturated carbocycles. The van der Waals surface area contributed by atoms with Gasteiger partial charge in [-0.2, -0.15) is 0 Å². The lowest BCUT2D eigenvalue weighted by molar-refractivity contribution is 0.0951. The SMILES string of the molecule is CCc1cnccc1CNC(=O)c1cccc(NCc2nnc(-c3ccncn3)n2[C@@H]2CCC[C@@H](NC)C2)c1. The first-order chi connectivity index (χ1) is 19.2. The predicted molar refractivity (Wildman–Crippen MR) is 150 cm³/mol. The van der Waals surface area contributed by atoms with Crippen LogP contribution in [0.4, 0.5) is 5.69 Å². The second-order valence-electron chi connectivity index (χ2n) is 9.83. The number of amides is 1. The van der Waals surface area contributed by atoms with E-state index in [9.17, 15) is 4.79 Å². The topological polar surface area (TPSA) is 123 Å². The summed E-state index contributed by atoms with van der Waals surface area (Å²) >= 11 is 0. The van der Waals surface area contributed by atoms with Crippen molar-refractivity contribution in [3.8, 4) is 11.5 Å². The third-order valence-electron chi connectivity index (χ3n) is 7.40. The highest BCUT2D eigenvalue weighted by molar-refractivity contribution is 5.95. The van der Waals surface area contributed by atoms with Crippen molar-refractivity contribution in [2.75, 3.05) is 12.4 Å². The fourth-order valence-corrected chi connectivity index (χ4v) is 5.26. The molecular formula is C29H35N9O. The molecule has 1 aromatic carbocycles. The number of carbonyl (C=O) groups is 1. The highest BCUT2D eigenvalue weighted by Crippen LogP contribution is 2.33. The Hall–Kier alpha value is -4.18. The molecule has 2 atom stereocenters. The molecule has 0 radical (unpaired) electrons. The molecule has 10 nitrogen and oxygen atoms in total. The number of benzene rings is 1. The summed E-state index contributed by atoms with van der Waals surface area (Å²) < 4.78 is 2.23. The number of aromatic nitrogens is 6. The van der Waals surface area contributed by atoms with Crippen molar-refractivity contribution in [3.63, 3.8) is 0 Å². The minimum absolute atomic E-state index is 0.118. The number of carbonyl (C=O) groups excluding carboxylic acids is 1. The standard InChI is InChI=1S/C29H35N9O/c1-3-20-16-31-12-10-22(20)17-34-29(39)21-6-4-8-24(14-21)33-18-27-36-37-28(26-11-13-32-19-35-26)38(27)25-9-5-7-23(15-25)30-2/h4,6,8,10-14,16,19,23,25,30,33H,3,5,7,9,15,17-18H2,1-2H3,(H,34,39)/t23-,25-/m1/s1. The minimum atomic E-state index is -0.118. The van der Waals surface area contributed by atoms with Crippen molar-refractivity contribution in [2.24, 2.45) is 0 Å². The molecule has 4 aromatic rings. The maximum atomic E-state index is 12.9. The smallest absolute Gasteiger partial charge is 0.251 e. The van der Waals surface area contributed by atoms with E-state index in [0.29, 0.717) is 24.7 Å². The summed E-state index contributed by atoms with van der Waals surface area (Å²) in [6.07, 6.45) is 12.1. The number of hydrogen-bond acceptors (Lipinski definition) is 8. The molecule has 0 bridgehead atoms. The fourth-order valence-electron chi connectivity index (χ4n) is 5.26. The molecule has 0 saturated heterocycles. The summed E-state index contributed by atoms with van der Waals surface area (Å²) in [5.74, 6) is 1.48. The van der Waals surface area contributed by atoms with Crippen LogP contribution in [0.3, 0.4) is 0 Å². The third kappa shape index (κ3) is 6.28. The van der Waals surface area contributed by atoms with Gasteiger partial charge in [0.2, 0.25) is 0 Å². The molecule has 1 aliphatic carbocycles. The lowest BCUT2D eigenvalue weighted by Crippen LogP contribution is -2.33. The van der Waals surface area contributed by atoms with Crippen LogP contribution in [-0.4, -0.2) is 48.7 Å². The second kappa shape index (κ2) is 12.6. The van der Waals surface area contributed by atoms with Gasteiger partial charge in [-0.15, -0.1) is 10.2 Å². The van der Waals surface area contributed by atoms with Crippen LogP contribution in [0.5, 0.6) is 0 Å². The molecule has 202 valence electrons. The first kappa shape index (κ1) is 26.4. The molecule has 1 fully saturated rings. The summed E-state index contributed by atoms with van der Waals surface area (Å²) in [5.41, 5.74) is 4.42. The van der Waals surface area contributed by atoms with Crippen molar-refractivity contribution in [1.29, 1.82) is 0 Å². The molecule has 3 heterocycles. The van der Waals surface area contributed by atoms with E-state index in [2.05, 4.69) is 52.6 Å². The van der Waals surface area contributed by atoms with E-state index in [1.54, 1.807) is 12.4 Å². The number of hydrogen-bond donors (Lipinski definition) is 3. The summed E-state index contributed by atoms with van der Waals surface area (Å²) in [4.78, 5) is 25.6. The van der Waals surface area contributed by atoms with Gasteiger partial charge in [-0.25, -0.2) is 9.97 Å². The van der Waals surface area contributed by atoms with Crippen LogP contribution >= 0.6 is 0 Å². The Balaban J connectivity index is 1.31. The van der Waals surface area contributed by atoms with Gasteiger partial charge >= 0.3 is 0 Å². The number of aryl methyl sites for hydroxylation is 1. The van der Waals surface area contributed by atoms with E-state index in [1.165, 1.54) is 12.7 Å². The quantitative estimate of drug-likeness (QED) is 0.285. The van der Waals surface area contributed by atoms with Crippen LogP contribution in [0.2, 0.25) is 0 Å². The lowest BCUT2D eigenvalue weighted by Gasteiger charge is -2.31. The molecule has 39 heavy (non-hydrogen) atoms. The zero-order valence-electron chi connectivity index (χ0n) is 22.5. The average molecular weight is 526 g/mol. The highest BCUT2D eigenvalue weighted by Gasteiger charge is 2.27. The van der Waals surface area contributed by atoms with Gasteiger partial charge in [0.25, 0.3) is 5.91 Å². The summed E-state index contributed by atoms with van der Waals surface area (Å²) in [6, 6.07) is 12.1. The molecule has 10 heteroatoms. The van der Waals surface area contributed by atoms with Crippen LogP contribution in [0.15, 0.2) is 61.3 Å². The van der Waals surface area contributed by atoms with Crippen LogP contribution in [0.25, 0.3) is 11.5 Å². The number of nitrogens with one attached hydrogen (secondary N) is 3. The van der Waals surface area contributed by atoms with Gasteiger partial charge in [0.1, 0.15) is 12.0 Å². The lowest BCUT2D eigenvalue weighted by atomic mass is 9.90. The van der Waals surface area contributed by atoms with E-state index in [-0.39, 0.29) is 11.9 Å². The highest BCUT2D eigenvalue weighted by atomic mass is 16.1. The monoisotopic (exact) mass is 525 g/mol. The molecular weight excluding hydrogens is 490 g/mol. The van der Waals surface area contributed by atoms with Gasteiger partial charge in [-0.3, -0.25) is 9.78 Å². The first-order valence-corrected chi connectivity index (χ1v) is 13.6. The molecule has 5 rings (SSSR count). The second-order valence-corrected chi connectivity index (χ2v) is 9.83. The van der Waals surface area contributed by atoms with Crippen LogP contribution in [0, 0.1) is 0 Å². The maximum Gasteiger partial charge on any atom is 0.251 e. The fraction of sp³-hybridized carbons (Fsp3) is 0.379. The minimum Gasteiger partial charge on any atom is -0.378 e. The Morgan fingerprint density at radius 1 is 1.05 bits per heavy atom. The van der Waals surface area contributed by atoms with Crippen molar-refractivity contribution in [3.05, 3.63) is 83.8 Å². The number of pyridine rings is 1. The van der Waals surface area contributed by atoms with Gasteiger partial charge in [0, 0.05) is 48.5 Å². The Morgan fingerprint density at radius 3 is 2.77 bits per heavy atom. The summed E-state index contributed by atoms with van der Waals surface area (Å²) in [6.45, 7) is 3.02. The number of nitrogens with zero attached hydrogens (tertiary/aromatic N) is 6. The van der Waals surface area contributed by atoms with Crippen molar-refractivity contribution >= 4 is 11.6 Å². The molecule has 3 N–H and O–H groups in total. The van der Waals surface area contributed by atoms with E-state index >= 15 is 0 Å². The molecule has 1 aliphatic rings. The molecule has 3 aromatic heterocycles. The molecule has 0 aliphatic heterocycles. The van der Waals surface area contributed by atoms with Crippen molar-refractivity contribution in [1.82, 2.24) is 40.3 Å². The number of rotatable bonds is 10. The molecule has 0 spiro atoms. The van der Waals surface area contributed by atoms with E-state index in [0.717, 1.165) is 59.8 Å². The summed E-state index contributed by atoms with van der Waals surface area (Å²) in [5, 5.41) is 19.0. The third-order valence-corrected chi connectivity index (χ3v) is 7.40. The Kier molecular flexibility index (Phi) is 8.52. The van der Waals surface area contributed by atoms with Crippen LogP contribution in [-0.2, 0) is 19.5 Å². The van der Waals surface area contributed by atoms with E-state index in [4.69, 9.17) is 0 Å². The average Bonchev–Trinajstić information content (AvgIpc) is 3.43. The van der Waals surface area contributed by atoms with Gasteiger partial charge < -0.3 is 20.5 Å². The normalized spacial score (nSPS) is 17.1. The van der Waals surface area contributed by atoms with Gasteiger partial charge in [-0.1, -0.05) is 13.0 Å². The van der Waals surface area contributed by atoms with Crippen molar-refractivity contribution in [2.45, 2.75) is 64.2 Å². The van der Waals surface area contributed by atoms with E-state index < -0.39 is 0 Å². The van der Waals surface area contributed by atoms with Crippen LogP contribution in [0.1, 0.15) is 66.0 Å². The Labute approximate surface area is 228 Å². The molecule has 0 unspecified atom stereocenters. The zero-order valence-corrected chi connectivity index (χ0v) is 22.5. The van der Waals surface area contributed by atoms with E-state index in [1.807, 2.05) is 49.6 Å².